The Morgan fingerprint density at radius 1 is 1.67 bits per heavy atom. The first-order valence-electron chi connectivity index (χ1n) is 4.00. The molecule has 0 aliphatic heterocycles. The summed E-state index contributed by atoms with van der Waals surface area (Å²) in [5.74, 6) is 0.999. The molecule has 68 valence electrons. The van der Waals surface area contributed by atoms with E-state index >= 15 is 0 Å². The van der Waals surface area contributed by atoms with E-state index in [0.717, 1.165) is 5.56 Å². The summed E-state index contributed by atoms with van der Waals surface area (Å²) in [7, 11) is 0. The maximum atomic E-state index is 5.42. The van der Waals surface area contributed by atoms with Gasteiger partial charge in [0.1, 0.15) is 6.26 Å². The van der Waals surface area contributed by atoms with E-state index in [9.17, 15) is 0 Å². The van der Waals surface area contributed by atoms with Crippen LogP contribution in [0.25, 0.3) is 0 Å². The molecule has 0 spiro atoms. The van der Waals surface area contributed by atoms with Crippen molar-refractivity contribution in [2.45, 2.75) is 20.4 Å². The molecule has 1 aromatic rings. The van der Waals surface area contributed by atoms with E-state index in [1.165, 1.54) is 6.26 Å². The molecule has 0 aliphatic carbocycles. The van der Waals surface area contributed by atoms with Crippen molar-refractivity contribution in [2.24, 2.45) is 11.7 Å². The monoisotopic (exact) mass is 170 g/mol. The third-order valence-electron chi connectivity index (χ3n) is 1.38. The van der Waals surface area contributed by atoms with E-state index in [1.807, 2.05) is 0 Å². The van der Waals surface area contributed by atoms with Gasteiger partial charge in [0.05, 0.1) is 12.2 Å². The average Bonchev–Trinajstić information content (AvgIpc) is 2.47. The van der Waals surface area contributed by atoms with Gasteiger partial charge in [-0.3, -0.25) is 0 Å². The summed E-state index contributed by atoms with van der Waals surface area (Å²) in [6.07, 6.45) is 1.51. The van der Waals surface area contributed by atoms with Crippen molar-refractivity contribution in [1.29, 1.82) is 0 Å². The molecule has 0 bridgehead atoms. The quantitative estimate of drug-likeness (QED) is 0.736. The second-order valence-electron chi connectivity index (χ2n) is 3.05. The molecule has 0 unspecified atom stereocenters. The number of ether oxygens (including phenoxy) is 1. The van der Waals surface area contributed by atoms with Gasteiger partial charge in [0.2, 0.25) is 0 Å². The molecule has 0 saturated heterocycles. The number of nitrogens with two attached hydrogens (primary N) is 1. The average molecular weight is 170 g/mol. The molecule has 0 atom stereocenters. The van der Waals surface area contributed by atoms with Gasteiger partial charge < -0.3 is 15.0 Å². The molecule has 0 saturated carbocycles. The van der Waals surface area contributed by atoms with Crippen LogP contribution in [-0.2, 0) is 6.54 Å². The molecular weight excluding hydrogens is 156 g/mol. The van der Waals surface area contributed by atoms with Crippen LogP contribution in [0.3, 0.4) is 0 Å². The Morgan fingerprint density at radius 2 is 2.42 bits per heavy atom. The molecule has 0 amide bonds. The van der Waals surface area contributed by atoms with Crippen molar-refractivity contribution in [3.05, 3.63) is 11.8 Å². The minimum atomic E-state index is 0.400. The van der Waals surface area contributed by atoms with Gasteiger partial charge in [-0.15, -0.1) is 0 Å². The Hall–Kier alpha value is -1.03. The topological polar surface area (TPSA) is 61.3 Å². The molecular formula is C8H14N2O2. The third-order valence-corrected chi connectivity index (χ3v) is 1.38. The zero-order chi connectivity index (χ0) is 8.97. The predicted molar refractivity (Wildman–Crippen MR) is 44.7 cm³/mol. The highest BCUT2D eigenvalue weighted by Gasteiger charge is 2.07. The summed E-state index contributed by atoms with van der Waals surface area (Å²) in [6, 6.07) is 0. The van der Waals surface area contributed by atoms with Crippen LogP contribution in [0.15, 0.2) is 10.8 Å². The fourth-order valence-electron chi connectivity index (χ4n) is 0.747. The van der Waals surface area contributed by atoms with Crippen LogP contribution in [0.4, 0.5) is 0 Å². The smallest absolute Gasteiger partial charge is 0.258 e. The number of nitrogens with zero attached hydrogens (tertiary/aromatic N) is 1. The highest BCUT2D eigenvalue weighted by molar-refractivity contribution is 5.20. The van der Waals surface area contributed by atoms with Gasteiger partial charge in [-0.1, -0.05) is 13.8 Å². The standard InChI is InChI=1S/C8H14N2O2/c1-6(2)4-11-8-7(3-9)5-12-10-8/h5-6H,3-4,9H2,1-2H3. The molecule has 0 aromatic carbocycles. The number of aromatic nitrogens is 1. The first-order chi connectivity index (χ1) is 5.74. The minimum Gasteiger partial charge on any atom is -0.475 e. The Balaban J connectivity index is 2.50. The summed E-state index contributed by atoms with van der Waals surface area (Å²) in [6.45, 7) is 5.18. The van der Waals surface area contributed by atoms with Crippen LogP contribution >= 0.6 is 0 Å². The van der Waals surface area contributed by atoms with Crippen LogP contribution in [0.5, 0.6) is 5.88 Å². The Morgan fingerprint density at radius 3 is 3.00 bits per heavy atom. The highest BCUT2D eigenvalue weighted by Crippen LogP contribution is 2.15. The van der Waals surface area contributed by atoms with Crippen LogP contribution < -0.4 is 10.5 Å². The summed E-state index contributed by atoms with van der Waals surface area (Å²) >= 11 is 0. The first kappa shape index (κ1) is 9.06. The second-order valence-corrected chi connectivity index (χ2v) is 3.05. The fraction of sp³-hybridized carbons (Fsp3) is 0.625. The fourth-order valence-corrected chi connectivity index (χ4v) is 0.747. The van der Waals surface area contributed by atoms with Gasteiger partial charge in [0.15, 0.2) is 0 Å². The van der Waals surface area contributed by atoms with Gasteiger partial charge in [-0.25, -0.2) is 0 Å². The molecule has 0 fully saturated rings. The van der Waals surface area contributed by atoms with Crippen molar-refractivity contribution in [3.8, 4) is 5.88 Å². The van der Waals surface area contributed by atoms with Crippen molar-refractivity contribution >= 4 is 0 Å². The van der Waals surface area contributed by atoms with Crippen molar-refractivity contribution in [3.63, 3.8) is 0 Å². The van der Waals surface area contributed by atoms with Crippen molar-refractivity contribution in [2.75, 3.05) is 6.61 Å². The third kappa shape index (κ3) is 2.23. The summed E-state index contributed by atoms with van der Waals surface area (Å²) in [5.41, 5.74) is 6.24. The lowest BCUT2D eigenvalue weighted by atomic mass is 10.2. The Bertz CT molecular complexity index is 233. The summed E-state index contributed by atoms with van der Waals surface area (Å²) in [4.78, 5) is 0. The molecule has 1 rings (SSSR count). The molecule has 4 nitrogen and oxygen atoms in total. The van der Waals surface area contributed by atoms with Crippen LogP contribution in [0.1, 0.15) is 19.4 Å². The Labute approximate surface area is 71.7 Å². The Kier molecular flexibility index (Phi) is 3.10. The molecule has 12 heavy (non-hydrogen) atoms. The second kappa shape index (κ2) is 4.11. The SMILES string of the molecule is CC(C)COc1nocc1CN. The van der Waals surface area contributed by atoms with Gasteiger partial charge in [0.25, 0.3) is 5.88 Å². The van der Waals surface area contributed by atoms with Crippen molar-refractivity contribution in [1.82, 2.24) is 5.16 Å². The maximum Gasteiger partial charge on any atom is 0.258 e. The molecule has 0 radical (unpaired) electrons. The van der Waals surface area contributed by atoms with Crippen LogP contribution in [-0.4, -0.2) is 11.8 Å². The lowest BCUT2D eigenvalue weighted by Gasteiger charge is -2.05. The van der Waals surface area contributed by atoms with Crippen LogP contribution in [0.2, 0.25) is 0 Å². The highest BCUT2D eigenvalue weighted by atomic mass is 16.5. The predicted octanol–water partition coefficient (Wildman–Crippen LogP) is 1.17. The van der Waals surface area contributed by atoms with Crippen molar-refractivity contribution < 1.29 is 9.26 Å². The first-order valence-corrected chi connectivity index (χ1v) is 4.00. The summed E-state index contributed by atoms with van der Waals surface area (Å²) in [5, 5.41) is 3.68. The lowest BCUT2D eigenvalue weighted by molar-refractivity contribution is 0.243. The maximum absolute atomic E-state index is 5.42. The summed E-state index contributed by atoms with van der Waals surface area (Å²) < 4.78 is 10.1. The number of rotatable bonds is 4. The minimum absolute atomic E-state index is 0.400. The van der Waals surface area contributed by atoms with E-state index in [2.05, 4.69) is 19.0 Å². The van der Waals surface area contributed by atoms with Crippen LogP contribution in [0, 0.1) is 5.92 Å². The molecule has 4 heteroatoms. The largest absolute Gasteiger partial charge is 0.475 e. The zero-order valence-electron chi connectivity index (χ0n) is 7.41. The molecule has 1 aromatic heterocycles. The van der Waals surface area contributed by atoms with E-state index in [4.69, 9.17) is 15.0 Å². The number of hydrogen-bond donors (Lipinski definition) is 1. The van der Waals surface area contributed by atoms with Gasteiger partial charge >= 0.3 is 0 Å². The number of hydrogen-bond acceptors (Lipinski definition) is 4. The molecule has 1 heterocycles. The van der Waals surface area contributed by atoms with E-state index < -0.39 is 0 Å². The molecule has 2 N–H and O–H groups in total. The zero-order valence-corrected chi connectivity index (χ0v) is 7.41. The van der Waals surface area contributed by atoms with Gasteiger partial charge in [0, 0.05) is 6.54 Å². The van der Waals surface area contributed by atoms with Gasteiger partial charge in [-0.05, 0) is 11.1 Å². The lowest BCUT2D eigenvalue weighted by Crippen LogP contribution is -2.07. The van der Waals surface area contributed by atoms with Gasteiger partial charge in [-0.2, -0.15) is 0 Å². The normalized spacial score (nSPS) is 10.7. The van der Waals surface area contributed by atoms with E-state index in [-0.39, 0.29) is 0 Å². The van der Waals surface area contributed by atoms with E-state index in [1.54, 1.807) is 0 Å². The molecule has 0 aliphatic rings. The van der Waals surface area contributed by atoms with E-state index in [0.29, 0.717) is 24.9 Å².